The molecule has 3 aliphatic rings. The zero-order chi connectivity index (χ0) is 28.2. The van der Waals surface area contributed by atoms with Crippen molar-refractivity contribution in [3.8, 4) is 0 Å². The number of benzene rings is 1. The fraction of sp³-hybridized carbons (Fsp3) is 0.625. The summed E-state index contributed by atoms with van der Waals surface area (Å²) >= 11 is 18.8. The minimum Gasteiger partial charge on any atom is -0.394 e. The molecule has 1 aromatic carbocycles. The first kappa shape index (κ1) is 30.6. The van der Waals surface area contributed by atoms with E-state index in [2.05, 4.69) is 18.3 Å². The molecule has 3 unspecified atom stereocenters. The molecular formula is C32H42Cl3NO3. The zero-order valence-electron chi connectivity index (χ0n) is 23.1. The number of aliphatic hydroxyl groups excluding tert-OH is 1. The smallest absolute Gasteiger partial charge is 0.230 e. The predicted octanol–water partition coefficient (Wildman–Crippen LogP) is 8.23. The van der Waals surface area contributed by atoms with E-state index in [1.165, 1.54) is 12.8 Å². The summed E-state index contributed by atoms with van der Waals surface area (Å²) in [6.07, 6.45) is 16.4. The zero-order valence-corrected chi connectivity index (χ0v) is 25.4. The van der Waals surface area contributed by atoms with E-state index in [-0.39, 0.29) is 23.8 Å². The number of ketones is 1. The van der Waals surface area contributed by atoms with E-state index >= 15 is 0 Å². The van der Waals surface area contributed by atoms with Gasteiger partial charge in [-0.3, -0.25) is 9.59 Å². The number of rotatable bonds is 10. The number of hydrogen-bond acceptors (Lipinski definition) is 3. The Balaban J connectivity index is 1.44. The highest BCUT2D eigenvalue weighted by molar-refractivity contribution is 6.42. The number of hydrogen-bond donors (Lipinski definition) is 2. The summed E-state index contributed by atoms with van der Waals surface area (Å²) in [5, 5.41) is 14.0. The van der Waals surface area contributed by atoms with E-state index in [4.69, 9.17) is 34.8 Å². The van der Waals surface area contributed by atoms with Gasteiger partial charge in [0.2, 0.25) is 5.91 Å². The molecular weight excluding hydrogens is 553 g/mol. The van der Waals surface area contributed by atoms with Crippen LogP contribution in [0.15, 0.2) is 42.0 Å². The second kappa shape index (κ2) is 13.6. The van der Waals surface area contributed by atoms with Crippen LogP contribution in [0.2, 0.25) is 10.0 Å². The third-order valence-corrected chi connectivity index (χ3v) is 10.7. The van der Waals surface area contributed by atoms with Crippen molar-refractivity contribution < 1.29 is 14.7 Å². The second-order valence-electron chi connectivity index (χ2n) is 12.2. The van der Waals surface area contributed by atoms with Gasteiger partial charge >= 0.3 is 0 Å². The Morgan fingerprint density at radius 1 is 1.13 bits per heavy atom. The number of Topliss-reactive ketones (excluding diaryl/α,β-unsaturated/α-hetero) is 1. The average Bonchev–Trinajstić information content (AvgIpc) is 3.33. The van der Waals surface area contributed by atoms with Crippen LogP contribution in [-0.4, -0.2) is 28.8 Å². The number of nitrogens with one attached hydrogen (secondary N) is 1. The minimum atomic E-state index is -0.765. The summed E-state index contributed by atoms with van der Waals surface area (Å²) in [5.41, 5.74) is 0.922. The van der Waals surface area contributed by atoms with Gasteiger partial charge in [-0.25, -0.2) is 0 Å². The molecule has 1 amide bonds. The maximum absolute atomic E-state index is 14.0. The van der Waals surface area contributed by atoms with E-state index < -0.39 is 11.5 Å². The summed E-state index contributed by atoms with van der Waals surface area (Å²) in [4.78, 5) is 26.1. The maximum atomic E-state index is 14.0. The Bertz CT molecular complexity index is 1090. The van der Waals surface area contributed by atoms with Gasteiger partial charge in [0.1, 0.15) is 5.78 Å². The average molecular weight is 595 g/mol. The molecule has 214 valence electrons. The minimum absolute atomic E-state index is 0.0931. The molecule has 0 bridgehead atoms. The van der Waals surface area contributed by atoms with Crippen LogP contribution in [0, 0.1) is 29.1 Å². The molecule has 4 nitrogen and oxygen atoms in total. The van der Waals surface area contributed by atoms with Gasteiger partial charge in [-0.15, -0.1) is 11.6 Å². The van der Waals surface area contributed by atoms with Gasteiger partial charge in [0, 0.05) is 12.3 Å². The van der Waals surface area contributed by atoms with Crippen molar-refractivity contribution in [1.29, 1.82) is 0 Å². The molecule has 3 aliphatic carbocycles. The van der Waals surface area contributed by atoms with Gasteiger partial charge in [-0.1, -0.05) is 80.1 Å². The number of alkyl halides is 1. The van der Waals surface area contributed by atoms with Crippen LogP contribution in [0.25, 0.3) is 0 Å². The van der Waals surface area contributed by atoms with Crippen LogP contribution in [0.1, 0.15) is 89.7 Å². The van der Waals surface area contributed by atoms with Crippen molar-refractivity contribution in [1.82, 2.24) is 5.32 Å². The highest BCUT2D eigenvalue weighted by Crippen LogP contribution is 2.43. The van der Waals surface area contributed by atoms with E-state index in [1.807, 2.05) is 19.1 Å². The molecule has 0 saturated heterocycles. The Hall–Kier alpha value is -1.33. The monoisotopic (exact) mass is 593 g/mol. The number of carbonyl (C=O) groups excluding carboxylic acids is 2. The summed E-state index contributed by atoms with van der Waals surface area (Å²) < 4.78 is 0. The van der Waals surface area contributed by atoms with Gasteiger partial charge in [0.25, 0.3) is 0 Å². The molecule has 7 heteroatoms. The van der Waals surface area contributed by atoms with E-state index in [0.717, 1.165) is 50.5 Å². The van der Waals surface area contributed by atoms with Gasteiger partial charge in [0.05, 0.1) is 33.5 Å². The van der Waals surface area contributed by atoms with Crippen LogP contribution in [0.3, 0.4) is 0 Å². The number of aliphatic hydroxyl groups is 1. The lowest BCUT2D eigenvalue weighted by Crippen LogP contribution is -2.43. The molecule has 0 spiro atoms. The van der Waals surface area contributed by atoms with Crippen LogP contribution >= 0.6 is 34.8 Å². The molecule has 0 aliphatic heterocycles. The Kier molecular flexibility index (Phi) is 10.6. The van der Waals surface area contributed by atoms with Crippen molar-refractivity contribution in [2.24, 2.45) is 29.1 Å². The Morgan fingerprint density at radius 3 is 2.46 bits per heavy atom. The quantitative estimate of drug-likeness (QED) is 0.268. The van der Waals surface area contributed by atoms with Crippen LogP contribution in [0.5, 0.6) is 0 Å². The second-order valence-corrected chi connectivity index (χ2v) is 13.5. The van der Waals surface area contributed by atoms with Crippen LogP contribution in [-0.2, 0) is 9.59 Å². The topological polar surface area (TPSA) is 66.4 Å². The third-order valence-electron chi connectivity index (χ3n) is 9.44. The SMILES string of the molecule is C[C@H]1C=C(C(C)(CCC2CCC(CC3CCCC3=O)CC2)C(=O)N[C@@H](CO)c2ccc(Cl)c(Cl)c2)C=CC1Cl. The Morgan fingerprint density at radius 2 is 1.85 bits per heavy atom. The first-order chi connectivity index (χ1) is 18.6. The van der Waals surface area contributed by atoms with Gasteiger partial charge in [-0.05, 0) is 80.1 Å². The predicted molar refractivity (Wildman–Crippen MR) is 160 cm³/mol. The van der Waals surface area contributed by atoms with E-state index in [1.54, 1.807) is 18.2 Å². The van der Waals surface area contributed by atoms with Crippen molar-refractivity contribution in [3.63, 3.8) is 0 Å². The van der Waals surface area contributed by atoms with Crippen LogP contribution in [0.4, 0.5) is 0 Å². The molecule has 2 N–H and O–H groups in total. The molecule has 2 fully saturated rings. The van der Waals surface area contributed by atoms with Crippen LogP contribution < -0.4 is 5.32 Å². The lowest BCUT2D eigenvalue weighted by Gasteiger charge is -2.36. The summed E-state index contributed by atoms with van der Waals surface area (Å²) in [7, 11) is 0. The Labute approximate surface area is 248 Å². The van der Waals surface area contributed by atoms with E-state index in [9.17, 15) is 14.7 Å². The fourth-order valence-corrected chi connectivity index (χ4v) is 7.08. The largest absolute Gasteiger partial charge is 0.394 e. The maximum Gasteiger partial charge on any atom is 0.230 e. The standard InChI is InChI=1S/C32H42Cl3NO3/c1-20-16-25(11-13-26(20)33)32(2,31(39)36-29(19-37)23-10-12-27(34)28(35)18-23)15-14-21-6-8-22(9-7-21)17-24-4-3-5-30(24)38/h10-13,16,18,20-22,24,26,29,37H,3-9,14-15,17,19H2,1-2H3,(H,36,39)/t20-,21?,22?,24?,26?,29-,32?/m0/s1. The molecule has 1 aromatic rings. The summed E-state index contributed by atoms with van der Waals surface area (Å²) in [6, 6.07) is 4.57. The molecule has 2 saturated carbocycles. The molecule has 5 atom stereocenters. The normalized spacial score (nSPS) is 29.5. The first-order valence-electron chi connectivity index (χ1n) is 14.5. The van der Waals surface area contributed by atoms with Crippen molar-refractivity contribution in [2.45, 2.75) is 89.5 Å². The lowest BCUT2D eigenvalue weighted by molar-refractivity contribution is -0.130. The number of amides is 1. The molecule has 0 radical (unpaired) electrons. The summed E-state index contributed by atoms with van der Waals surface area (Å²) in [6.45, 7) is 3.84. The van der Waals surface area contributed by atoms with Crippen molar-refractivity contribution >= 4 is 46.5 Å². The highest BCUT2D eigenvalue weighted by Gasteiger charge is 2.39. The lowest BCUT2D eigenvalue weighted by atomic mass is 9.70. The van der Waals surface area contributed by atoms with E-state index in [0.29, 0.717) is 45.6 Å². The number of carbonyl (C=O) groups is 2. The molecule has 4 rings (SSSR count). The fourth-order valence-electron chi connectivity index (χ4n) is 6.63. The van der Waals surface area contributed by atoms with Gasteiger partial charge in [0.15, 0.2) is 0 Å². The summed E-state index contributed by atoms with van der Waals surface area (Å²) in [5.74, 6) is 2.01. The third kappa shape index (κ3) is 7.50. The van der Waals surface area contributed by atoms with Crippen molar-refractivity contribution in [2.75, 3.05) is 6.61 Å². The molecule has 0 aromatic heterocycles. The highest BCUT2D eigenvalue weighted by atomic mass is 35.5. The first-order valence-corrected chi connectivity index (χ1v) is 15.7. The number of halogens is 3. The van der Waals surface area contributed by atoms with Gasteiger partial charge < -0.3 is 10.4 Å². The van der Waals surface area contributed by atoms with Gasteiger partial charge in [-0.2, -0.15) is 0 Å². The molecule has 39 heavy (non-hydrogen) atoms. The van der Waals surface area contributed by atoms with Crippen molar-refractivity contribution in [3.05, 3.63) is 57.6 Å². The number of allylic oxidation sites excluding steroid dienone is 3. The molecule has 0 heterocycles.